The van der Waals surface area contributed by atoms with E-state index in [0.29, 0.717) is 40.8 Å². The number of aromatic nitrogens is 2. The average Bonchev–Trinajstić information content (AvgIpc) is 3.35. The van der Waals surface area contributed by atoms with Crippen molar-refractivity contribution in [3.05, 3.63) is 60.4 Å². The molecule has 3 N–H and O–H groups in total. The summed E-state index contributed by atoms with van der Waals surface area (Å²) in [7, 11) is 2.20. The highest BCUT2D eigenvalue weighted by atomic mass is 19.4. The van der Waals surface area contributed by atoms with Gasteiger partial charge in [-0.3, -0.25) is 4.98 Å². The lowest BCUT2D eigenvalue weighted by Gasteiger charge is -2.36. The number of H-pyrrole nitrogens is 1. The van der Waals surface area contributed by atoms with E-state index >= 15 is 0 Å². The molecule has 0 radical (unpaired) electrons. The molecule has 2 bridgehead atoms. The maximum Gasteiger partial charge on any atom is 0.431 e. The first kappa shape index (κ1) is 26.2. The Labute approximate surface area is 210 Å². The number of rotatable bonds is 5. The number of hydrogen-bond donors (Lipinski definition) is 3. The average molecular weight is 518 g/mol. The van der Waals surface area contributed by atoms with Crippen LogP contribution in [-0.4, -0.2) is 62.3 Å². The van der Waals surface area contributed by atoms with E-state index < -0.39 is 23.8 Å². The van der Waals surface area contributed by atoms with Gasteiger partial charge in [0.1, 0.15) is 17.5 Å². The van der Waals surface area contributed by atoms with Gasteiger partial charge in [0.15, 0.2) is 0 Å². The number of nitrogens with one attached hydrogen (secondary N) is 1. The summed E-state index contributed by atoms with van der Waals surface area (Å²) in [6.07, 6.45) is 3.23. The van der Waals surface area contributed by atoms with Crippen LogP contribution < -0.4 is 4.74 Å². The number of nitrogens with zero attached hydrogens (tertiary/aromatic N) is 2. The molecule has 2 aliphatic rings. The van der Waals surface area contributed by atoms with Gasteiger partial charge >= 0.3 is 18.1 Å². The molecule has 2 fully saturated rings. The quantitative estimate of drug-likeness (QED) is 0.410. The van der Waals surface area contributed by atoms with Gasteiger partial charge in [-0.1, -0.05) is 6.07 Å². The van der Waals surface area contributed by atoms with Gasteiger partial charge in [0.2, 0.25) is 0 Å². The number of carboxylic acids is 2. The van der Waals surface area contributed by atoms with E-state index in [0.717, 1.165) is 30.2 Å². The number of halogens is 3. The molecule has 2 aliphatic heterocycles. The molecule has 2 aromatic heterocycles. The molecule has 8 nitrogen and oxygen atoms in total. The normalized spacial score (nSPS) is 21.6. The molecule has 4 heterocycles. The van der Waals surface area contributed by atoms with Gasteiger partial charge in [0.25, 0.3) is 0 Å². The number of benzene rings is 1. The van der Waals surface area contributed by atoms with Crippen molar-refractivity contribution in [2.24, 2.45) is 0 Å². The number of hydrogen-bond acceptors (Lipinski definition) is 5. The molecular formula is C26H26F3N3O5. The van der Waals surface area contributed by atoms with Gasteiger partial charge < -0.3 is 24.8 Å². The third-order valence-corrected chi connectivity index (χ3v) is 6.68. The summed E-state index contributed by atoms with van der Waals surface area (Å²) in [6, 6.07) is 11.3. The molecule has 0 spiro atoms. The topological polar surface area (TPSA) is 116 Å². The van der Waals surface area contributed by atoms with E-state index in [1.807, 2.05) is 12.1 Å². The Bertz CT molecular complexity index is 1270. The van der Waals surface area contributed by atoms with Gasteiger partial charge in [-0.15, -0.1) is 0 Å². The number of alkyl halides is 3. The van der Waals surface area contributed by atoms with Crippen molar-refractivity contribution in [3.8, 4) is 17.0 Å². The molecule has 3 aromatic rings. The number of aromatic amines is 1. The molecule has 196 valence electrons. The fourth-order valence-corrected chi connectivity index (χ4v) is 4.86. The number of carboxylic acid groups (broad SMARTS) is 2. The van der Waals surface area contributed by atoms with Crippen LogP contribution in [0.5, 0.6) is 5.75 Å². The van der Waals surface area contributed by atoms with Crippen molar-refractivity contribution in [1.29, 1.82) is 0 Å². The zero-order valence-corrected chi connectivity index (χ0v) is 19.9. The highest BCUT2D eigenvalue weighted by Crippen LogP contribution is 2.36. The lowest BCUT2D eigenvalue weighted by atomic mass is 10.0. The Kier molecular flexibility index (Phi) is 7.53. The first-order valence-electron chi connectivity index (χ1n) is 11.7. The Balaban J connectivity index is 0.000000349. The molecule has 0 amide bonds. The predicted molar refractivity (Wildman–Crippen MR) is 129 cm³/mol. The fourth-order valence-electron chi connectivity index (χ4n) is 4.86. The van der Waals surface area contributed by atoms with Crippen LogP contribution in [0.25, 0.3) is 22.2 Å². The number of fused-ring (bicyclic) bond motifs is 3. The highest BCUT2D eigenvalue weighted by molar-refractivity contribution is 5.89. The number of aliphatic carboxylic acids is 2. The van der Waals surface area contributed by atoms with Crippen LogP contribution in [0.3, 0.4) is 0 Å². The van der Waals surface area contributed by atoms with E-state index in [1.54, 1.807) is 24.4 Å². The molecule has 0 saturated carbocycles. The lowest BCUT2D eigenvalue weighted by Crippen LogP contribution is -2.43. The van der Waals surface area contributed by atoms with Crippen LogP contribution in [0.1, 0.15) is 31.4 Å². The van der Waals surface area contributed by atoms with Crippen molar-refractivity contribution >= 4 is 22.8 Å². The Morgan fingerprint density at radius 2 is 1.70 bits per heavy atom. The second kappa shape index (κ2) is 10.6. The number of piperidine rings is 1. The molecule has 1 aromatic carbocycles. The Hall–Kier alpha value is -3.86. The molecular weight excluding hydrogens is 491 g/mol. The third kappa shape index (κ3) is 6.48. The smallest absolute Gasteiger partial charge is 0.431 e. The number of pyridine rings is 1. The van der Waals surface area contributed by atoms with Crippen LogP contribution in [0.4, 0.5) is 13.2 Å². The lowest BCUT2D eigenvalue weighted by molar-refractivity contribution is -0.140. The summed E-state index contributed by atoms with van der Waals surface area (Å²) in [5.74, 6) is -1.77. The second-order valence-electron chi connectivity index (χ2n) is 9.13. The number of carbonyl (C=O) groups is 2. The van der Waals surface area contributed by atoms with Crippen molar-refractivity contribution in [3.63, 3.8) is 0 Å². The molecule has 0 aliphatic carbocycles. The fraction of sp³-hybridized carbons (Fsp3) is 0.346. The van der Waals surface area contributed by atoms with E-state index in [-0.39, 0.29) is 6.10 Å². The maximum absolute atomic E-state index is 12.9. The third-order valence-electron chi connectivity index (χ3n) is 6.68. The minimum absolute atomic E-state index is 0.216. The van der Waals surface area contributed by atoms with Crippen LogP contribution in [-0.2, 0) is 15.8 Å². The summed E-state index contributed by atoms with van der Waals surface area (Å²) in [5.41, 5.74) is 1.19. The second-order valence-corrected chi connectivity index (χ2v) is 9.13. The molecule has 11 heteroatoms. The summed E-state index contributed by atoms with van der Waals surface area (Å²) >= 11 is 0. The van der Waals surface area contributed by atoms with Crippen LogP contribution in [0, 0.1) is 0 Å². The van der Waals surface area contributed by atoms with Gasteiger partial charge in [-0.25, -0.2) is 9.59 Å². The summed E-state index contributed by atoms with van der Waals surface area (Å²) in [4.78, 5) is 28.5. The predicted octanol–water partition coefficient (Wildman–Crippen LogP) is 4.96. The van der Waals surface area contributed by atoms with Crippen molar-refractivity contribution in [2.75, 3.05) is 7.05 Å². The molecule has 37 heavy (non-hydrogen) atoms. The van der Waals surface area contributed by atoms with Crippen LogP contribution in [0.2, 0.25) is 0 Å². The first-order valence-corrected chi connectivity index (χ1v) is 11.7. The SMILES string of the molecule is CN1C2CCC1CC(Oc1ccc(-c3ccc4[nH]c(C(F)(F)F)cc4c3)nc1)C2.O=C(O)/C=C/C(=O)O. The van der Waals surface area contributed by atoms with Crippen LogP contribution >= 0.6 is 0 Å². The zero-order chi connectivity index (χ0) is 26.7. The minimum Gasteiger partial charge on any atom is -0.489 e. The van der Waals surface area contributed by atoms with Gasteiger partial charge in [-0.05, 0) is 63.1 Å². The van der Waals surface area contributed by atoms with E-state index in [9.17, 15) is 22.8 Å². The van der Waals surface area contributed by atoms with Gasteiger partial charge in [-0.2, -0.15) is 13.2 Å². The van der Waals surface area contributed by atoms with Gasteiger partial charge in [0.05, 0.1) is 11.9 Å². The summed E-state index contributed by atoms with van der Waals surface area (Å²) in [6.45, 7) is 0. The maximum atomic E-state index is 12.9. The van der Waals surface area contributed by atoms with E-state index in [1.165, 1.54) is 12.8 Å². The van der Waals surface area contributed by atoms with Crippen molar-refractivity contribution in [2.45, 2.75) is 50.0 Å². The summed E-state index contributed by atoms with van der Waals surface area (Å²) < 4.78 is 44.9. The van der Waals surface area contributed by atoms with Crippen molar-refractivity contribution in [1.82, 2.24) is 14.9 Å². The highest BCUT2D eigenvalue weighted by Gasteiger charge is 2.39. The first-order chi connectivity index (χ1) is 17.5. The van der Waals surface area contributed by atoms with E-state index in [4.69, 9.17) is 14.9 Å². The molecule has 2 atom stereocenters. The number of ether oxygens (including phenoxy) is 1. The van der Waals surface area contributed by atoms with Crippen molar-refractivity contribution < 1.29 is 37.7 Å². The van der Waals surface area contributed by atoms with Gasteiger partial charge in [0, 0.05) is 40.7 Å². The largest absolute Gasteiger partial charge is 0.489 e. The summed E-state index contributed by atoms with van der Waals surface area (Å²) in [5, 5.41) is 16.1. The standard InChI is InChI=1S/C22H22F3N3O.C4H4O4/c1-28-15-3-4-16(28)11-18(10-15)29-17-5-7-19(26-12-17)13-2-6-20-14(8-13)9-21(27-20)22(23,24)25;5-3(6)1-2-4(7)8/h2,5-9,12,15-16,18,27H,3-4,10-11H2,1H3;1-2H,(H,5,6)(H,7,8)/b;2-1+. The van der Waals surface area contributed by atoms with E-state index in [2.05, 4.69) is 21.9 Å². The minimum atomic E-state index is -4.39. The monoisotopic (exact) mass is 517 g/mol. The Morgan fingerprint density at radius 3 is 2.24 bits per heavy atom. The van der Waals surface area contributed by atoms with Crippen LogP contribution in [0.15, 0.2) is 54.7 Å². The molecule has 5 rings (SSSR count). The zero-order valence-electron chi connectivity index (χ0n) is 19.9. The molecule has 2 saturated heterocycles. The molecule has 2 unspecified atom stereocenters. The Morgan fingerprint density at radius 1 is 1.05 bits per heavy atom.